The van der Waals surface area contributed by atoms with Crippen LogP contribution in [0.25, 0.3) is 11.0 Å². The van der Waals surface area contributed by atoms with E-state index in [4.69, 9.17) is 0 Å². The first-order chi connectivity index (χ1) is 14.7. The lowest BCUT2D eigenvalue weighted by Gasteiger charge is -2.22. The van der Waals surface area contributed by atoms with Crippen LogP contribution in [0.4, 0.5) is 5.69 Å². The van der Waals surface area contributed by atoms with Crippen molar-refractivity contribution in [3.05, 3.63) is 63.2 Å². The second kappa shape index (κ2) is 10.3. The van der Waals surface area contributed by atoms with E-state index in [1.54, 1.807) is 44.0 Å². The zero-order chi connectivity index (χ0) is 23.1. The number of hydrogen-bond acceptors (Lipinski definition) is 6. The molecular weight excluding hydrogens is 400 g/mol. The molecule has 10 nitrogen and oxygen atoms in total. The standard InChI is InChI=1S/C11H15N3O2.C10H11N3O2/c1-8(2)14(3)11(16)9-6-12-5-4-10(9)13-7-15;1-6(2)13-9(14)8-7(12-10(13)15)4-3-5-11-8/h4-8H,1-3H3,(H,12,13,15);3-6H,1-2H3,(H,12,15). The van der Waals surface area contributed by atoms with Crippen molar-refractivity contribution < 1.29 is 9.59 Å². The van der Waals surface area contributed by atoms with E-state index in [1.165, 1.54) is 18.6 Å². The van der Waals surface area contributed by atoms with E-state index in [9.17, 15) is 19.2 Å². The molecule has 0 fully saturated rings. The molecule has 0 saturated heterocycles. The monoisotopic (exact) mass is 426 g/mol. The van der Waals surface area contributed by atoms with E-state index >= 15 is 0 Å². The van der Waals surface area contributed by atoms with Crippen LogP contribution in [0, 0.1) is 0 Å². The molecule has 164 valence electrons. The number of aromatic nitrogens is 4. The highest BCUT2D eigenvalue weighted by Gasteiger charge is 2.17. The molecule has 3 heterocycles. The van der Waals surface area contributed by atoms with Gasteiger partial charge in [0, 0.05) is 37.7 Å². The van der Waals surface area contributed by atoms with Gasteiger partial charge in [-0.3, -0.25) is 23.9 Å². The maximum atomic E-state index is 12.0. The zero-order valence-corrected chi connectivity index (χ0v) is 18.1. The number of carbonyl (C=O) groups is 2. The molecule has 2 N–H and O–H groups in total. The predicted octanol–water partition coefficient (Wildman–Crippen LogP) is 1.80. The largest absolute Gasteiger partial charge is 0.339 e. The maximum Gasteiger partial charge on any atom is 0.329 e. The molecule has 3 rings (SSSR count). The summed E-state index contributed by atoms with van der Waals surface area (Å²) in [5, 5.41) is 2.48. The summed E-state index contributed by atoms with van der Waals surface area (Å²) in [7, 11) is 1.71. The summed E-state index contributed by atoms with van der Waals surface area (Å²) in [5.74, 6) is -0.160. The summed E-state index contributed by atoms with van der Waals surface area (Å²) in [4.78, 5) is 57.9. The van der Waals surface area contributed by atoms with E-state index < -0.39 is 5.69 Å². The van der Waals surface area contributed by atoms with Crippen molar-refractivity contribution in [1.82, 2.24) is 24.4 Å². The third-order valence-electron chi connectivity index (χ3n) is 4.57. The van der Waals surface area contributed by atoms with Crippen molar-refractivity contribution in [2.45, 2.75) is 39.8 Å². The molecule has 0 saturated carbocycles. The van der Waals surface area contributed by atoms with Crippen molar-refractivity contribution in [3.8, 4) is 0 Å². The minimum absolute atomic E-state index is 0.0942. The van der Waals surface area contributed by atoms with E-state index in [0.29, 0.717) is 28.7 Å². The lowest BCUT2D eigenvalue weighted by molar-refractivity contribution is -0.105. The smallest absolute Gasteiger partial charge is 0.329 e. The van der Waals surface area contributed by atoms with Gasteiger partial charge in [-0.15, -0.1) is 0 Å². The third kappa shape index (κ3) is 5.41. The molecule has 0 aliphatic heterocycles. The molecule has 10 heteroatoms. The molecule has 0 spiro atoms. The Bertz CT molecular complexity index is 1180. The van der Waals surface area contributed by atoms with Gasteiger partial charge in [0.1, 0.15) is 0 Å². The van der Waals surface area contributed by atoms with Gasteiger partial charge in [0.25, 0.3) is 11.5 Å². The Labute approximate surface area is 179 Å². The summed E-state index contributed by atoms with van der Waals surface area (Å²) < 4.78 is 1.16. The average Bonchev–Trinajstić information content (AvgIpc) is 2.73. The van der Waals surface area contributed by atoms with E-state index in [1.807, 2.05) is 13.8 Å². The van der Waals surface area contributed by atoms with Crippen LogP contribution in [0.15, 0.2) is 46.4 Å². The highest BCUT2D eigenvalue weighted by Crippen LogP contribution is 2.15. The Morgan fingerprint density at radius 2 is 1.90 bits per heavy atom. The van der Waals surface area contributed by atoms with Gasteiger partial charge in [0.05, 0.1) is 16.8 Å². The Kier molecular flexibility index (Phi) is 7.78. The summed E-state index contributed by atoms with van der Waals surface area (Å²) >= 11 is 0. The molecule has 0 aliphatic carbocycles. The van der Waals surface area contributed by atoms with Crippen LogP contribution in [0.3, 0.4) is 0 Å². The van der Waals surface area contributed by atoms with Crippen molar-refractivity contribution in [2.75, 3.05) is 12.4 Å². The summed E-state index contributed by atoms with van der Waals surface area (Å²) in [6.07, 6.45) is 5.05. The van der Waals surface area contributed by atoms with Crippen LogP contribution in [-0.2, 0) is 4.79 Å². The fraction of sp³-hybridized carbons (Fsp3) is 0.333. The Morgan fingerprint density at radius 1 is 1.19 bits per heavy atom. The van der Waals surface area contributed by atoms with Crippen molar-refractivity contribution in [3.63, 3.8) is 0 Å². The van der Waals surface area contributed by atoms with Crippen molar-refractivity contribution in [1.29, 1.82) is 0 Å². The quantitative estimate of drug-likeness (QED) is 0.598. The van der Waals surface area contributed by atoms with Gasteiger partial charge >= 0.3 is 5.69 Å². The first kappa shape index (κ1) is 23.5. The number of pyridine rings is 2. The molecule has 0 aromatic carbocycles. The zero-order valence-electron chi connectivity index (χ0n) is 18.1. The maximum absolute atomic E-state index is 12.0. The molecular formula is C21H26N6O4. The number of rotatable bonds is 5. The predicted molar refractivity (Wildman–Crippen MR) is 118 cm³/mol. The van der Waals surface area contributed by atoms with Crippen molar-refractivity contribution >= 4 is 29.0 Å². The number of fused-ring (bicyclic) bond motifs is 1. The second-order valence-corrected chi connectivity index (χ2v) is 7.29. The Hall–Kier alpha value is -3.82. The van der Waals surface area contributed by atoms with E-state index in [2.05, 4.69) is 20.3 Å². The molecule has 0 radical (unpaired) electrons. The minimum atomic E-state index is -0.393. The number of H-pyrrole nitrogens is 1. The topological polar surface area (TPSA) is 130 Å². The fourth-order valence-electron chi connectivity index (χ4n) is 2.71. The fourth-order valence-corrected chi connectivity index (χ4v) is 2.71. The molecule has 3 aromatic heterocycles. The van der Waals surface area contributed by atoms with Crippen molar-refractivity contribution in [2.24, 2.45) is 0 Å². The van der Waals surface area contributed by atoms with Gasteiger partial charge in [0.15, 0.2) is 5.52 Å². The molecule has 31 heavy (non-hydrogen) atoms. The first-order valence-electron chi connectivity index (χ1n) is 9.69. The van der Waals surface area contributed by atoms with Crippen LogP contribution in [-0.4, -0.2) is 49.8 Å². The number of carbonyl (C=O) groups excluding carboxylic acids is 2. The normalized spacial score (nSPS) is 10.5. The van der Waals surface area contributed by atoms with Crippen LogP contribution < -0.4 is 16.6 Å². The summed E-state index contributed by atoms with van der Waals surface area (Å²) in [6.45, 7) is 7.40. The lowest BCUT2D eigenvalue weighted by atomic mass is 10.2. The van der Waals surface area contributed by atoms with Crippen LogP contribution in [0.2, 0.25) is 0 Å². The van der Waals surface area contributed by atoms with E-state index in [-0.39, 0.29) is 23.6 Å². The van der Waals surface area contributed by atoms with Crippen LogP contribution in [0.5, 0.6) is 0 Å². The Morgan fingerprint density at radius 3 is 2.52 bits per heavy atom. The summed E-state index contributed by atoms with van der Waals surface area (Å²) in [5.41, 5.74) is 0.906. The van der Waals surface area contributed by atoms with Crippen LogP contribution >= 0.6 is 0 Å². The van der Waals surface area contributed by atoms with Gasteiger partial charge in [-0.1, -0.05) is 0 Å². The Balaban J connectivity index is 0.000000220. The molecule has 0 bridgehead atoms. The number of anilines is 1. The first-order valence-corrected chi connectivity index (χ1v) is 9.69. The minimum Gasteiger partial charge on any atom is -0.339 e. The molecule has 0 unspecified atom stereocenters. The number of nitrogens with one attached hydrogen (secondary N) is 2. The van der Waals surface area contributed by atoms with Gasteiger partial charge < -0.3 is 15.2 Å². The molecule has 2 amide bonds. The summed E-state index contributed by atoms with van der Waals surface area (Å²) in [6, 6.07) is 4.85. The average molecular weight is 426 g/mol. The number of amides is 2. The highest BCUT2D eigenvalue weighted by atomic mass is 16.2. The van der Waals surface area contributed by atoms with Crippen LogP contribution in [0.1, 0.15) is 44.1 Å². The van der Waals surface area contributed by atoms with E-state index in [0.717, 1.165) is 4.57 Å². The van der Waals surface area contributed by atoms with Gasteiger partial charge in [0.2, 0.25) is 6.41 Å². The van der Waals surface area contributed by atoms with Gasteiger partial charge in [-0.2, -0.15) is 0 Å². The number of aromatic amines is 1. The number of nitrogens with zero attached hydrogens (tertiary/aromatic N) is 4. The molecule has 3 aromatic rings. The molecule has 0 atom stereocenters. The lowest BCUT2D eigenvalue weighted by Crippen LogP contribution is -2.36. The highest BCUT2D eigenvalue weighted by molar-refractivity contribution is 6.00. The van der Waals surface area contributed by atoms with Gasteiger partial charge in [-0.25, -0.2) is 9.78 Å². The third-order valence-corrected chi connectivity index (χ3v) is 4.57. The molecule has 0 aliphatic rings. The second-order valence-electron chi connectivity index (χ2n) is 7.29. The van der Waals surface area contributed by atoms with Gasteiger partial charge in [-0.05, 0) is 45.9 Å². The number of hydrogen-bond donors (Lipinski definition) is 2. The SMILES string of the molecule is CC(C)N(C)C(=O)c1cnccc1NC=O.CC(C)n1c(=O)[nH]c2cccnc2c1=O.